The number of rotatable bonds is 4. The standard InChI is InChI=1S/C28H21BrN4O2/c1-17(2)32-16-19(21-7-4-6-10-24(21)32)15-30-33-27(31-23-9-5-3-8-22(23)28(33)34)26-14-18-13-20(29)11-12-25(18)35-26/h3-17H,1-2H3. The Hall–Kier alpha value is -3.97. The second kappa shape index (κ2) is 8.36. The van der Waals surface area contributed by atoms with E-state index in [1.807, 2.05) is 54.6 Å². The Kier molecular flexibility index (Phi) is 5.15. The summed E-state index contributed by atoms with van der Waals surface area (Å²) in [7, 11) is 0. The van der Waals surface area contributed by atoms with Gasteiger partial charge in [0.2, 0.25) is 5.82 Å². The number of nitrogens with zero attached hydrogens (tertiary/aromatic N) is 4. The number of fused-ring (bicyclic) bond motifs is 3. The molecule has 0 radical (unpaired) electrons. The van der Waals surface area contributed by atoms with Crippen LogP contribution < -0.4 is 5.56 Å². The SMILES string of the molecule is CC(C)n1cc(C=Nn2c(-c3cc4cc(Br)ccc4o3)nc3ccccc3c2=O)c2ccccc21. The molecule has 0 amide bonds. The summed E-state index contributed by atoms with van der Waals surface area (Å²) in [4.78, 5) is 18.3. The van der Waals surface area contributed by atoms with E-state index in [9.17, 15) is 4.79 Å². The Morgan fingerprint density at radius 2 is 1.77 bits per heavy atom. The first-order valence-electron chi connectivity index (χ1n) is 11.3. The number of halogens is 1. The van der Waals surface area contributed by atoms with E-state index in [-0.39, 0.29) is 11.6 Å². The molecule has 35 heavy (non-hydrogen) atoms. The van der Waals surface area contributed by atoms with Crippen LogP contribution in [0.5, 0.6) is 0 Å². The van der Waals surface area contributed by atoms with Gasteiger partial charge in [-0.25, -0.2) is 4.98 Å². The molecule has 0 atom stereocenters. The van der Waals surface area contributed by atoms with Crippen LogP contribution in [0.4, 0.5) is 0 Å². The van der Waals surface area contributed by atoms with Crippen molar-refractivity contribution in [1.29, 1.82) is 0 Å². The third kappa shape index (κ3) is 3.68. The highest BCUT2D eigenvalue weighted by Crippen LogP contribution is 2.29. The molecule has 0 aliphatic carbocycles. The lowest BCUT2D eigenvalue weighted by molar-refractivity contribution is 0.616. The predicted molar refractivity (Wildman–Crippen MR) is 144 cm³/mol. The van der Waals surface area contributed by atoms with Crippen LogP contribution in [-0.2, 0) is 0 Å². The molecule has 6 rings (SSSR count). The van der Waals surface area contributed by atoms with E-state index < -0.39 is 0 Å². The zero-order chi connectivity index (χ0) is 24.1. The van der Waals surface area contributed by atoms with Crippen LogP contribution in [0.15, 0.2) is 97.8 Å². The van der Waals surface area contributed by atoms with Crippen molar-refractivity contribution >= 4 is 54.9 Å². The van der Waals surface area contributed by atoms with Gasteiger partial charge in [0.05, 0.1) is 17.1 Å². The molecule has 0 saturated carbocycles. The summed E-state index contributed by atoms with van der Waals surface area (Å²) in [6.07, 6.45) is 3.79. The zero-order valence-corrected chi connectivity index (χ0v) is 20.7. The quantitative estimate of drug-likeness (QED) is 0.233. The molecule has 0 bridgehead atoms. The van der Waals surface area contributed by atoms with Crippen LogP contribution in [0.25, 0.3) is 44.4 Å². The van der Waals surface area contributed by atoms with E-state index in [2.05, 4.69) is 57.8 Å². The van der Waals surface area contributed by atoms with E-state index in [1.165, 1.54) is 4.68 Å². The smallest absolute Gasteiger partial charge is 0.282 e. The molecule has 6 aromatic rings. The van der Waals surface area contributed by atoms with E-state index in [1.54, 1.807) is 12.3 Å². The summed E-state index contributed by atoms with van der Waals surface area (Å²) < 4.78 is 10.6. The predicted octanol–water partition coefficient (Wildman–Crippen LogP) is 6.99. The summed E-state index contributed by atoms with van der Waals surface area (Å²) in [6.45, 7) is 4.28. The number of hydrogen-bond acceptors (Lipinski definition) is 4. The van der Waals surface area contributed by atoms with Crippen molar-refractivity contribution in [3.05, 3.63) is 99.4 Å². The lowest BCUT2D eigenvalue weighted by Crippen LogP contribution is -2.20. The minimum absolute atomic E-state index is 0.254. The molecule has 172 valence electrons. The number of aromatic nitrogens is 3. The highest BCUT2D eigenvalue weighted by atomic mass is 79.9. The van der Waals surface area contributed by atoms with E-state index in [4.69, 9.17) is 9.40 Å². The molecule has 0 unspecified atom stereocenters. The molecule has 3 heterocycles. The topological polar surface area (TPSA) is 65.3 Å². The van der Waals surface area contributed by atoms with Gasteiger partial charge >= 0.3 is 0 Å². The van der Waals surface area contributed by atoms with Crippen molar-refractivity contribution in [2.45, 2.75) is 19.9 Å². The van der Waals surface area contributed by atoms with Gasteiger partial charge in [-0.15, -0.1) is 0 Å². The maximum absolute atomic E-state index is 13.5. The fourth-order valence-corrected chi connectivity index (χ4v) is 4.78. The summed E-state index contributed by atoms with van der Waals surface area (Å²) >= 11 is 3.50. The molecule has 6 nitrogen and oxygen atoms in total. The molecular weight excluding hydrogens is 504 g/mol. The van der Waals surface area contributed by atoms with E-state index in [0.717, 1.165) is 26.3 Å². The Morgan fingerprint density at radius 3 is 2.60 bits per heavy atom. The second-order valence-corrected chi connectivity index (χ2v) is 9.63. The van der Waals surface area contributed by atoms with Crippen molar-refractivity contribution in [2.24, 2.45) is 5.10 Å². The van der Waals surface area contributed by atoms with Crippen LogP contribution in [0.1, 0.15) is 25.5 Å². The first-order valence-corrected chi connectivity index (χ1v) is 12.1. The monoisotopic (exact) mass is 524 g/mol. The fraction of sp³-hybridized carbons (Fsp3) is 0.107. The van der Waals surface area contributed by atoms with Gasteiger partial charge in [0.25, 0.3) is 5.56 Å². The summed E-state index contributed by atoms with van der Waals surface area (Å²) in [6, 6.07) is 23.4. The molecule has 0 spiro atoms. The minimum Gasteiger partial charge on any atom is -0.453 e. The highest BCUT2D eigenvalue weighted by molar-refractivity contribution is 9.10. The summed E-state index contributed by atoms with van der Waals surface area (Å²) in [5.41, 5.74) is 3.10. The molecule has 0 N–H and O–H groups in total. The Morgan fingerprint density at radius 1 is 1.00 bits per heavy atom. The van der Waals surface area contributed by atoms with Crippen molar-refractivity contribution in [1.82, 2.24) is 14.2 Å². The maximum Gasteiger partial charge on any atom is 0.282 e. The van der Waals surface area contributed by atoms with Crippen LogP contribution in [0, 0.1) is 0 Å². The van der Waals surface area contributed by atoms with Crippen molar-refractivity contribution in [2.75, 3.05) is 0 Å². The zero-order valence-electron chi connectivity index (χ0n) is 19.1. The van der Waals surface area contributed by atoms with Gasteiger partial charge in [0.1, 0.15) is 5.58 Å². The van der Waals surface area contributed by atoms with E-state index in [0.29, 0.717) is 28.1 Å². The van der Waals surface area contributed by atoms with E-state index >= 15 is 0 Å². The van der Waals surface area contributed by atoms with Gasteiger partial charge in [0.15, 0.2) is 5.76 Å². The average Bonchev–Trinajstić information content (AvgIpc) is 3.45. The summed E-state index contributed by atoms with van der Waals surface area (Å²) in [5, 5.41) is 7.12. The van der Waals surface area contributed by atoms with Crippen LogP contribution in [0.3, 0.4) is 0 Å². The van der Waals surface area contributed by atoms with Gasteiger partial charge in [-0.05, 0) is 56.3 Å². The molecule has 0 fully saturated rings. The molecule has 0 aliphatic rings. The van der Waals surface area contributed by atoms with Gasteiger partial charge in [-0.1, -0.05) is 46.3 Å². The lowest BCUT2D eigenvalue weighted by Gasteiger charge is -2.08. The molecule has 0 aliphatic heterocycles. The Balaban J connectivity index is 1.57. The minimum atomic E-state index is -0.254. The third-order valence-corrected chi connectivity index (χ3v) is 6.59. The number of para-hydroxylation sites is 2. The molecule has 7 heteroatoms. The molecular formula is C28H21BrN4O2. The number of hydrogen-bond donors (Lipinski definition) is 0. The first kappa shape index (κ1) is 21.6. The van der Waals surface area contributed by atoms with Crippen LogP contribution in [0.2, 0.25) is 0 Å². The Labute approximate surface area is 209 Å². The fourth-order valence-electron chi connectivity index (χ4n) is 4.40. The van der Waals surface area contributed by atoms with Crippen molar-refractivity contribution < 1.29 is 4.42 Å². The second-order valence-electron chi connectivity index (χ2n) is 8.71. The molecule has 3 aromatic heterocycles. The average molecular weight is 525 g/mol. The third-order valence-electron chi connectivity index (χ3n) is 6.09. The number of benzene rings is 3. The molecule has 0 saturated heterocycles. The van der Waals surface area contributed by atoms with Gasteiger partial charge in [-0.3, -0.25) is 4.79 Å². The van der Waals surface area contributed by atoms with Crippen molar-refractivity contribution in [3.63, 3.8) is 0 Å². The Bertz CT molecular complexity index is 1820. The highest BCUT2D eigenvalue weighted by Gasteiger charge is 2.17. The van der Waals surface area contributed by atoms with Crippen LogP contribution >= 0.6 is 15.9 Å². The van der Waals surface area contributed by atoms with Gasteiger partial charge in [0, 0.05) is 38.6 Å². The number of furan rings is 1. The summed E-state index contributed by atoms with van der Waals surface area (Å²) in [5.74, 6) is 0.826. The van der Waals surface area contributed by atoms with Gasteiger partial charge in [-0.2, -0.15) is 9.78 Å². The van der Waals surface area contributed by atoms with Gasteiger partial charge < -0.3 is 8.98 Å². The maximum atomic E-state index is 13.5. The van der Waals surface area contributed by atoms with Crippen LogP contribution in [-0.4, -0.2) is 20.4 Å². The van der Waals surface area contributed by atoms with Crippen molar-refractivity contribution in [3.8, 4) is 11.6 Å². The largest absolute Gasteiger partial charge is 0.453 e. The first-order chi connectivity index (χ1) is 17.0. The normalized spacial score (nSPS) is 12.1. The molecule has 3 aromatic carbocycles. The lowest BCUT2D eigenvalue weighted by atomic mass is 10.2.